The Morgan fingerprint density at radius 3 is 1.45 bits per heavy atom. The van der Waals surface area contributed by atoms with Crippen LogP contribution in [-0.2, 0) is 4.74 Å². The minimum absolute atomic E-state index is 2.69. The number of rotatable bonds is 4. The molecule has 0 aromatic heterocycles. The molecule has 0 rings (SSSR count). The van der Waals surface area contributed by atoms with E-state index in [4.69, 9.17) is 0 Å². The molecule has 1 nitrogen and oxygen atoms in total. The minimum atomic E-state index is -7.05. The Kier molecular flexibility index (Phi) is 4.90. The molecule has 0 saturated carbocycles. The van der Waals surface area contributed by atoms with E-state index in [-0.39, 0.29) is 0 Å². The SMILES string of the molecule is FC(OCC(F)(F)F)=C(F)C(F)(F)C(F)(F)C(F)(F)F. The fourth-order valence-corrected chi connectivity index (χ4v) is 0.648. The zero-order valence-corrected chi connectivity index (χ0v) is 8.65. The summed E-state index contributed by atoms with van der Waals surface area (Å²) in [5.74, 6) is -17.9. The van der Waals surface area contributed by atoms with Gasteiger partial charge in [-0.1, -0.05) is 0 Å². The third-order valence-electron chi connectivity index (χ3n) is 1.56. The molecule has 0 atom stereocenters. The molecule has 0 aromatic rings. The quantitative estimate of drug-likeness (QED) is 0.545. The third kappa shape index (κ3) is 3.85. The van der Waals surface area contributed by atoms with Crippen molar-refractivity contribution < 1.29 is 57.4 Å². The van der Waals surface area contributed by atoms with Crippen molar-refractivity contribution in [2.75, 3.05) is 6.61 Å². The van der Waals surface area contributed by atoms with Crippen LogP contribution in [0, 0.1) is 0 Å². The average Bonchev–Trinajstić information content (AvgIpc) is 2.21. The maximum absolute atomic E-state index is 12.5. The molecule has 0 N–H and O–H groups in total. The first-order chi connectivity index (χ1) is 8.54. The third-order valence-corrected chi connectivity index (χ3v) is 1.56. The highest BCUT2D eigenvalue weighted by atomic mass is 19.4. The van der Waals surface area contributed by atoms with Crippen LogP contribution in [0.1, 0.15) is 0 Å². The molecule has 0 radical (unpaired) electrons. The maximum Gasteiger partial charge on any atom is 0.460 e. The molecule has 0 aromatic carbocycles. The van der Waals surface area contributed by atoms with Gasteiger partial charge in [0.05, 0.1) is 0 Å². The van der Waals surface area contributed by atoms with Crippen LogP contribution in [0.3, 0.4) is 0 Å². The second-order valence-electron chi connectivity index (χ2n) is 3.14. The zero-order valence-electron chi connectivity index (χ0n) is 8.65. The summed E-state index contributed by atoms with van der Waals surface area (Å²) in [6.07, 6.45) is -12.3. The molecular formula is C7H2F12O. The summed E-state index contributed by atoms with van der Waals surface area (Å²) in [6, 6.07) is -3.53. The molecule has 0 fully saturated rings. The van der Waals surface area contributed by atoms with Crippen LogP contribution in [0.25, 0.3) is 0 Å². The molecule has 13 heteroatoms. The predicted octanol–water partition coefficient (Wildman–Crippen LogP) is 4.51. The van der Waals surface area contributed by atoms with Crippen LogP contribution in [0.5, 0.6) is 0 Å². The standard InChI is InChI=1S/C7H2F12O/c8-2(3(9)20-1-4(10,11)12)5(13,14)6(15,16)7(17,18)19/h1H2. The zero-order chi connectivity index (χ0) is 16.6. The second kappa shape index (κ2) is 5.24. The molecule has 0 heterocycles. The Morgan fingerprint density at radius 1 is 0.750 bits per heavy atom. The highest BCUT2D eigenvalue weighted by Gasteiger charge is 2.76. The van der Waals surface area contributed by atoms with E-state index in [1.807, 2.05) is 0 Å². The van der Waals surface area contributed by atoms with Crippen molar-refractivity contribution >= 4 is 0 Å². The average molecular weight is 330 g/mol. The number of ether oxygens (including phenoxy) is 1. The fraction of sp³-hybridized carbons (Fsp3) is 0.714. The number of alkyl halides is 10. The van der Waals surface area contributed by atoms with Gasteiger partial charge in [0, 0.05) is 0 Å². The molecule has 0 aliphatic rings. The molecule has 0 aliphatic heterocycles. The molecule has 0 bridgehead atoms. The summed E-state index contributed by atoms with van der Waals surface area (Å²) in [7, 11) is 0. The van der Waals surface area contributed by atoms with Crippen LogP contribution in [-0.4, -0.2) is 30.8 Å². The Hall–Kier alpha value is -1.30. The first-order valence-corrected chi connectivity index (χ1v) is 4.11. The summed E-state index contributed by atoms with van der Waals surface area (Å²) in [5, 5.41) is 0. The van der Waals surface area contributed by atoms with Crippen LogP contribution < -0.4 is 0 Å². The lowest BCUT2D eigenvalue weighted by molar-refractivity contribution is -0.348. The van der Waals surface area contributed by atoms with Crippen molar-refractivity contribution in [1.82, 2.24) is 0 Å². The van der Waals surface area contributed by atoms with Crippen molar-refractivity contribution in [2.24, 2.45) is 0 Å². The first-order valence-electron chi connectivity index (χ1n) is 4.11. The van der Waals surface area contributed by atoms with Crippen LogP contribution >= 0.6 is 0 Å². The molecular weight excluding hydrogens is 328 g/mol. The number of halogens is 12. The highest BCUT2D eigenvalue weighted by Crippen LogP contribution is 2.50. The molecule has 0 aliphatic carbocycles. The normalized spacial score (nSPS) is 16.0. The van der Waals surface area contributed by atoms with E-state index in [1.54, 1.807) is 0 Å². The van der Waals surface area contributed by atoms with Gasteiger partial charge >= 0.3 is 30.2 Å². The van der Waals surface area contributed by atoms with Gasteiger partial charge in [0.25, 0.3) is 0 Å². The van der Waals surface area contributed by atoms with Gasteiger partial charge in [0.15, 0.2) is 6.61 Å². The van der Waals surface area contributed by atoms with E-state index in [1.165, 1.54) is 0 Å². The van der Waals surface area contributed by atoms with Crippen molar-refractivity contribution in [2.45, 2.75) is 24.2 Å². The van der Waals surface area contributed by atoms with Crippen molar-refractivity contribution in [1.29, 1.82) is 0 Å². The van der Waals surface area contributed by atoms with Crippen LogP contribution in [0.2, 0.25) is 0 Å². The molecule has 0 unspecified atom stereocenters. The smallest absolute Gasteiger partial charge is 0.459 e. The maximum atomic E-state index is 12.5. The topological polar surface area (TPSA) is 9.23 Å². The van der Waals surface area contributed by atoms with Crippen LogP contribution in [0.15, 0.2) is 11.8 Å². The Labute approximate surface area is 101 Å². The molecule has 120 valence electrons. The van der Waals surface area contributed by atoms with Gasteiger partial charge in [0.1, 0.15) is 0 Å². The van der Waals surface area contributed by atoms with E-state index >= 15 is 0 Å². The number of allylic oxidation sites excluding steroid dienone is 1. The Balaban J connectivity index is 5.39. The fourth-order valence-electron chi connectivity index (χ4n) is 0.648. The van der Waals surface area contributed by atoms with Crippen molar-refractivity contribution in [3.63, 3.8) is 0 Å². The van der Waals surface area contributed by atoms with E-state index in [9.17, 15) is 52.7 Å². The highest BCUT2D eigenvalue weighted by molar-refractivity contribution is 5.13. The Morgan fingerprint density at radius 2 is 1.15 bits per heavy atom. The second-order valence-corrected chi connectivity index (χ2v) is 3.14. The monoisotopic (exact) mass is 330 g/mol. The molecule has 0 amide bonds. The first kappa shape index (κ1) is 18.7. The molecule has 0 spiro atoms. The summed E-state index contributed by atoms with van der Waals surface area (Å²) >= 11 is 0. The van der Waals surface area contributed by atoms with E-state index < -0.39 is 42.6 Å². The Bertz CT molecular complexity index is 374. The number of hydrogen-bond donors (Lipinski definition) is 0. The van der Waals surface area contributed by atoms with Crippen LogP contribution in [0.4, 0.5) is 52.7 Å². The summed E-state index contributed by atoms with van der Waals surface area (Å²) in [6.45, 7) is -2.71. The van der Waals surface area contributed by atoms with E-state index in [2.05, 4.69) is 4.74 Å². The van der Waals surface area contributed by atoms with Crippen molar-refractivity contribution in [3.8, 4) is 0 Å². The van der Waals surface area contributed by atoms with Gasteiger partial charge < -0.3 is 4.74 Å². The van der Waals surface area contributed by atoms with Crippen molar-refractivity contribution in [3.05, 3.63) is 11.8 Å². The summed E-state index contributed by atoms with van der Waals surface area (Å²) in [5.41, 5.74) is 0. The number of hydrogen-bond acceptors (Lipinski definition) is 1. The summed E-state index contributed by atoms with van der Waals surface area (Å²) in [4.78, 5) is 0. The molecule has 20 heavy (non-hydrogen) atoms. The molecule has 0 saturated heterocycles. The van der Waals surface area contributed by atoms with Gasteiger partial charge in [-0.05, 0) is 0 Å². The van der Waals surface area contributed by atoms with Gasteiger partial charge in [-0.2, -0.15) is 52.7 Å². The van der Waals surface area contributed by atoms with E-state index in [0.29, 0.717) is 0 Å². The van der Waals surface area contributed by atoms with E-state index in [0.717, 1.165) is 0 Å². The largest absolute Gasteiger partial charge is 0.460 e. The summed E-state index contributed by atoms with van der Waals surface area (Å²) < 4.78 is 146. The lowest BCUT2D eigenvalue weighted by Crippen LogP contribution is -2.52. The van der Waals surface area contributed by atoms with Gasteiger partial charge in [0.2, 0.25) is 5.83 Å². The minimum Gasteiger partial charge on any atom is -0.459 e. The van der Waals surface area contributed by atoms with Gasteiger partial charge in [-0.15, -0.1) is 0 Å². The lowest BCUT2D eigenvalue weighted by atomic mass is 10.1. The lowest BCUT2D eigenvalue weighted by Gasteiger charge is -2.26. The predicted molar refractivity (Wildman–Crippen MR) is 37.2 cm³/mol. The van der Waals surface area contributed by atoms with Gasteiger partial charge in [-0.25, -0.2) is 0 Å². The van der Waals surface area contributed by atoms with Gasteiger partial charge in [-0.3, -0.25) is 0 Å².